The van der Waals surface area contributed by atoms with Gasteiger partial charge in [-0.25, -0.2) is 0 Å². The number of esters is 1. The average molecular weight is 207 g/mol. The number of ether oxygens (including phenoxy) is 1. The van der Waals surface area contributed by atoms with Crippen molar-refractivity contribution in [2.75, 3.05) is 12.5 Å². The van der Waals surface area contributed by atoms with Gasteiger partial charge in [0.2, 0.25) is 0 Å². The van der Waals surface area contributed by atoms with Crippen molar-refractivity contribution in [3.63, 3.8) is 0 Å². The van der Waals surface area contributed by atoms with Gasteiger partial charge < -0.3 is 4.74 Å². The number of ketones is 1. The molecule has 0 radical (unpaired) electrons. The first-order valence-electron chi connectivity index (χ1n) is 4.44. The van der Waals surface area contributed by atoms with Crippen LogP contribution in [-0.4, -0.2) is 24.2 Å². The van der Waals surface area contributed by atoms with Gasteiger partial charge in [-0.2, -0.15) is 0 Å². The van der Waals surface area contributed by atoms with Gasteiger partial charge in [0.1, 0.15) is 5.78 Å². The molecule has 0 aromatic heterocycles. The van der Waals surface area contributed by atoms with E-state index in [9.17, 15) is 9.59 Å². The van der Waals surface area contributed by atoms with E-state index in [1.54, 1.807) is 0 Å². The fourth-order valence-corrected chi connectivity index (χ4v) is 0.844. The first kappa shape index (κ1) is 12.4. The Hall–Kier alpha value is -0.570. The molecule has 0 aromatic rings. The topological polar surface area (TPSA) is 43.4 Å². The van der Waals surface area contributed by atoms with Crippen LogP contribution in [0, 0.1) is 0 Å². The van der Waals surface area contributed by atoms with Crippen LogP contribution in [0.2, 0.25) is 0 Å². The summed E-state index contributed by atoms with van der Waals surface area (Å²) in [4.78, 5) is 21.6. The molecule has 0 heterocycles. The SMILES string of the molecule is CCCCOC(=O)CCC(=O)CCl. The van der Waals surface area contributed by atoms with Crippen molar-refractivity contribution in [1.82, 2.24) is 0 Å². The van der Waals surface area contributed by atoms with Gasteiger partial charge in [0.05, 0.1) is 18.9 Å². The molecular formula is C9H15ClO3. The highest BCUT2D eigenvalue weighted by Gasteiger charge is 2.06. The van der Waals surface area contributed by atoms with Crippen molar-refractivity contribution in [3.8, 4) is 0 Å². The molecule has 0 unspecified atom stereocenters. The number of Topliss-reactive ketones (excluding diaryl/α,β-unsaturated/α-hetero) is 1. The molecule has 0 saturated heterocycles. The molecule has 76 valence electrons. The maximum absolute atomic E-state index is 10.9. The quantitative estimate of drug-likeness (QED) is 0.363. The lowest BCUT2D eigenvalue weighted by molar-refractivity contribution is -0.144. The van der Waals surface area contributed by atoms with Crippen molar-refractivity contribution < 1.29 is 14.3 Å². The summed E-state index contributed by atoms with van der Waals surface area (Å²) in [5.41, 5.74) is 0. The molecule has 0 aromatic carbocycles. The van der Waals surface area contributed by atoms with Gasteiger partial charge >= 0.3 is 5.97 Å². The molecule has 0 rings (SSSR count). The third-order valence-corrected chi connectivity index (χ3v) is 1.82. The molecule has 3 nitrogen and oxygen atoms in total. The largest absolute Gasteiger partial charge is 0.466 e. The van der Waals surface area contributed by atoms with Crippen molar-refractivity contribution in [2.24, 2.45) is 0 Å². The molecule has 0 atom stereocenters. The summed E-state index contributed by atoms with van der Waals surface area (Å²) in [7, 11) is 0. The van der Waals surface area contributed by atoms with E-state index in [-0.39, 0.29) is 30.5 Å². The van der Waals surface area contributed by atoms with Crippen LogP contribution in [0.5, 0.6) is 0 Å². The van der Waals surface area contributed by atoms with Crippen LogP contribution < -0.4 is 0 Å². The predicted molar refractivity (Wildman–Crippen MR) is 50.8 cm³/mol. The van der Waals surface area contributed by atoms with E-state index in [0.717, 1.165) is 12.8 Å². The normalized spacial score (nSPS) is 9.69. The van der Waals surface area contributed by atoms with E-state index in [2.05, 4.69) is 0 Å². The average Bonchev–Trinajstić information content (AvgIpc) is 2.14. The van der Waals surface area contributed by atoms with Crippen LogP contribution in [0.1, 0.15) is 32.6 Å². The fourth-order valence-electron chi connectivity index (χ4n) is 0.711. The molecule has 0 aliphatic rings. The third-order valence-electron chi connectivity index (χ3n) is 1.52. The predicted octanol–water partition coefficient (Wildman–Crippen LogP) is 1.92. The lowest BCUT2D eigenvalue weighted by Gasteiger charge is -2.02. The maximum atomic E-state index is 10.9. The highest BCUT2D eigenvalue weighted by Crippen LogP contribution is 1.97. The molecule has 0 saturated carbocycles. The Morgan fingerprint density at radius 1 is 1.31 bits per heavy atom. The smallest absolute Gasteiger partial charge is 0.306 e. The molecule has 0 spiro atoms. The molecule has 0 N–H and O–H groups in total. The Morgan fingerprint density at radius 3 is 2.54 bits per heavy atom. The summed E-state index contributed by atoms with van der Waals surface area (Å²) in [6.07, 6.45) is 2.20. The van der Waals surface area contributed by atoms with E-state index in [1.165, 1.54) is 0 Å². The molecule has 0 fully saturated rings. The zero-order valence-electron chi connectivity index (χ0n) is 7.85. The molecule has 13 heavy (non-hydrogen) atoms. The highest BCUT2D eigenvalue weighted by molar-refractivity contribution is 6.27. The molecule has 0 amide bonds. The second kappa shape index (κ2) is 8.05. The number of hydrogen-bond donors (Lipinski definition) is 0. The van der Waals surface area contributed by atoms with Crippen LogP contribution in [0.25, 0.3) is 0 Å². The number of halogens is 1. The van der Waals surface area contributed by atoms with Gasteiger partial charge in [0.25, 0.3) is 0 Å². The Kier molecular flexibility index (Phi) is 7.69. The molecule has 0 bridgehead atoms. The number of rotatable bonds is 7. The summed E-state index contributed by atoms with van der Waals surface area (Å²) in [5, 5.41) is 0. The Balaban J connectivity index is 3.35. The second-order valence-electron chi connectivity index (χ2n) is 2.75. The lowest BCUT2D eigenvalue weighted by Crippen LogP contribution is -2.09. The Labute approximate surface area is 83.4 Å². The third kappa shape index (κ3) is 7.78. The first-order chi connectivity index (χ1) is 6.20. The van der Waals surface area contributed by atoms with Gasteiger partial charge in [-0.3, -0.25) is 9.59 Å². The van der Waals surface area contributed by atoms with Crippen LogP contribution in [0.15, 0.2) is 0 Å². The number of unbranched alkanes of at least 4 members (excludes halogenated alkanes) is 1. The van der Waals surface area contributed by atoms with Gasteiger partial charge in [-0.1, -0.05) is 13.3 Å². The zero-order valence-corrected chi connectivity index (χ0v) is 8.60. The summed E-state index contributed by atoms with van der Waals surface area (Å²) >= 11 is 5.26. The summed E-state index contributed by atoms with van der Waals surface area (Å²) in [5.74, 6) is -0.455. The van der Waals surface area contributed by atoms with E-state index in [0.29, 0.717) is 6.61 Å². The standard InChI is InChI=1S/C9H15ClO3/c1-2-3-6-13-9(12)5-4-8(11)7-10/h2-7H2,1H3. The molecule has 4 heteroatoms. The lowest BCUT2D eigenvalue weighted by atomic mass is 10.2. The highest BCUT2D eigenvalue weighted by atomic mass is 35.5. The number of carbonyl (C=O) groups excluding carboxylic acids is 2. The van der Waals surface area contributed by atoms with Gasteiger partial charge in [-0.05, 0) is 6.42 Å². The minimum Gasteiger partial charge on any atom is -0.466 e. The van der Waals surface area contributed by atoms with E-state index in [4.69, 9.17) is 16.3 Å². The van der Waals surface area contributed by atoms with Crippen LogP contribution >= 0.6 is 11.6 Å². The fraction of sp³-hybridized carbons (Fsp3) is 0.778. The van der Waals surface area contributed by atoms with Gasteiger partial charge in [-0.15, -0.1) is 11.6 Å². The summed E-state index contributed by atoms with van der Waals surface area (Å²) in [6, 6.07) is 0. The number of hydrogen-bond acceptors (Lipinski definition) is 3. The Morgan fingerprint density at radius 2 is 2.00 bits per heavy atom. The second-order valence-corrected chi connectivity index (χ2v) is 3.01. The van der Waals surface area contributed by atoms with Gasteiger partial charge in [0.15, 0.2) is 0 Å². The monoisotopic (exact) mass is 206 g/mol. The molecule has 0 aliphatic heterocycles. The maximum Gasteiger partial charge on any atom is 0.306 e. The van der Waals surface area contributed by atoms with E-state index < -0.39 is 0 Å². The van der Waals surface area contributed by atoms with E-state index >= 15 is 0 Å². The minimum absolute atomic E-state index is 0.0256. The minimum atomic E-state index is -0.313. The first-order valence-corrected chi connectivity index (χ1v) is 4.97. The van der Waals surface area contributed by atoms with Crippen molar-refractivity contribution in [2.45, 2.75) is 32.6 Å². The van der Waals surface area contributed by atoms with Crippen LogP contribution in [-0.2, 0) is 14.3 Å². The van der Waals surface area contributed by atoms with E-state index in [1.807, 2.05) is 6.92 Å². The summed E-state index contributed by atoms with van der Waals surface area (Å²) in [6.45, 7) is 2.47. The van der Waals surface area contributed by atoms with Crippen molar-refractivity contribution in [1.29, 1.82) is 0 Å². The van der Waals surface area contributed by atoms with Crippen molar-refractivity contribution >= 4 is 23.4 Å². The summed E-state index contributed by atoms with van der Waals surface area (Å²) < 4.78 is 4.84. The zero-order chi connectivity index (χ0) is 10.1. The van der Waals surface area contributed by atoms with Crippen LogP contribution in [0.3, 0.4) is 0 Å². The Bertz CT molecular complexity index is 168. The van der Waals surface area contributed by atoms with Gasteiger partial charge in [0, 0.05) is 6.42 Å². The molecular weight excluding hydrogens is 192 g/mol. The number of carbonyl (C=O) groups is 2. The number of alkyl halides is 1. The molecule has 0 aliphatic carbocycles. The van der Waals surface area contributed by atoms with Crippen molar-refractivity contribution in [3.05, 3.63) is 0 Å². The van der Waals surface area contributed by atoms with Crippen LogP contribution in [0.4, 0.5) is 0 Å².